The van der Waals surface area contributed by atoms with Crippen LogP contribution in [0, 0.1) is 24.0 Å². The van der Waals surface area contributed by atoms with Crippen molar-refractivity contribution in [2.75, 3.05) is 24.0 Å². The summed E-state index contributed by atoms with van der Waals surface area (Å²) in [6.45, 7) is 3.80. The van der Waals surface area contributed by atoms with Crippen LogP contribution in [0.5, 0.6) is 5.75 Å². The quantitative estimate of drug-likeness (QED) is 0.267. The molecule has 0 aliphatic rings. The van der Waals surface area contributed by atoms with Crippen LogP contribution in [0.4, 0.5) is 11.4 Å². The molecule has 0 saturated heterocycles. The van der Waals surface area contributed by atoms with Gasteiger partial charge in [0.1, 0.15) is 18.9 Å². The fourth-order valence-corrected chi connectivity index (χ4v) is 4.78. The number of aryl methyl sites for hydroxylation is 2. The van der Waals surface area contributed by atoms with Gasteiger partial charge < -0.3 is 10.1 Å². The van der Waals surface area contributed by atoms with Crippen molar-refractivity contribution >= 4 is 27.3 Å². The Morgan fingerprint density at radius 3 is 2.21 bits per heavy atom. The van der Waals surface area contributed by atoms with Crippen LogP contribution in [-0.2, 0) is 14.8 Å². The largest absolute Gasteiger partial charge is 0.492 e. The molecule has 3 aromatic rings. The number of nitro groups is 1. The van der Waals surface area contributed by atoms with Gasteiger partial charge in [-0.1, -0.05) is 24.3 Å². The molecule has 0 aliphatic carbocycles. The number of benzene rings is 3. The Morgan fingerprint density at radius 2 is 1.62 bits per heavy atom. The van der Waals surface area contributed by atoms with Crippen molar-refractivity contribution in [2.24, 2.45) is 0 Å². The van der Waals surface area contributed by atoms with Crippen molar-refractivity contribution in [1.82, 2.24) is 5.32 Å². The number of rotatable bonds is 10. The molecule has 0 bridgehead atoms. The Hall–Kier alpha value is -3.92. The normalized spacial score (nSPS) is 11.0. The van der Waals surface area contributed by atoms with Gasteiger partial charge in [-0.2, -0.15) is 0 Å². The van der Waals surface area contributed by atoms with Crippen molar-refractivity contribution < 1.29 is 22.9 Å². The minimum atomic E-state index is -4.09. The van der Waals surface area contributed by atoms with Gasteiger partial charge in [0.2, 0.25) is 5.91 Å². The minimum absolute atomic E-state index is 0.000645. The Morgan fingerprint density at radius 1 is 1.00 bits per heavy atom. The third kappa shape index (κ3) is 6.32. The number of nitrogens with zero attached hydrogens (tertiary/aromatic N) is 2. The second-order valence-corrected chi connectivity index (χ2v) is 9.48. The summed E-state index contributed by atoms with van der Waals surface area (Å²) in [5.74, 6) is 0.146. The molecule has 9 nitrogen and oxygen atoms in total. The lowest BCUT2D eigenvalue weighted by molar-refractivity contribution is -0.384. The van der Waals surface area contributed by atoms with Crippen molar-refractivity contribution in [3.63, 3.8) is 0 Å². The van der Waals surface area contributed by atoms with Crippen molar-refractivity contribution in [3.8, 4) is 5.75 Å². The summed E-state index contributed by atoms with van der Waals surface area (Å²) in [6, 6.07) is 18.5. The number of sulfonamides is 1. The van der Waals surface area contributed by atoms with E-state index in [2.05, 4.69) is 5.32 Å². The summed E-state index contributed by atoms with van der Waals surface area (Å²) in [4.78, 5) is 23.0. The lowest BCUT2D eigenvalue weighted by Crippen LogP contribution is -2.41. The van der Waals surface area contributed by atoms with Crippen molar-refractivity contribution in [3.05, 3.63) is 94.0 Å². The third-order valence-corrected chi connectivity index (χ3v) is 6.64. The maximum Gasteiger partial charge on any atom is 0.269 e. The van der Waals surface area contributed by atoms with Gasteiger partial charge in [0.15, 0.2) is 0 Å². The Bertz CT molecular complexity index is 1240. The predicted octanol–water partition coefficient (Wildman–Crippen LogP) is 3.60. The number of carbonyl (C=O) groups is 1. The Labute approximate surface area is 198 Å². The second-order valence-electron chi connectivity index (χ2n) is 7.62. The van der Waals surface area contributed by atoms with Crippen LogP contribution in [0.2, 0.25) is 0 Å². The molecule has 0 fully saturated rings. The van der Waals surface area contributed by atoms with Crippen LogP contribution >= 0.6 is 0 Å². The lowest BCUT2D eigenvalue weighted by atomic mass is 10.1. The van der Waals surface area contributed by atoms with Crippen LogP contribution in [-0.4, -0.2) is 38.9 Å². The first kappa shape index (κ1) is 24.7. The standard InChI is InChI=1S/C24H25N3O6S/c1-18-14-19(2)16-22(15-18)33-13-12-25-24(28)17-26(20-8-10-21(11-9-20)27(29)30)34(31,32)23-6-4-3-5-7-23/h3-11,14-16H,12-13,17H2,1-2H3,(H,25,28). The average molecular weight is 484 g/mol. The molecule has 178 valence electrons. The van der Waals surface area contributed by atoms with E-state index >= 15 is 0 Å². The molecule has 0 unspecified atom stereocenters. The zero-order valence-corrected chi connectivity index (χ0v) is 19.6. The van der Waals surface area contributed by atoms with E-state index in [4.69, 9.17) is 4.74 Å². The molecule has 0 heterocycles. The van der Waals surface area contributed by atoms with Crippen LogP contribution < -0.4 is 14.4 Å². The third-order valence-electron chi connectivity index (χ3n) is 4.86. The number of non-ortho nitro benzene ring substituents is 1. The highest BCUT2D eigenvalue weighted by Crippen LogP contribution is 2.25. The molecule has 0 spiro atoms. The summed E-state index contributed by atoms with van der Waals surface area (Å²) in [6.07, 6.45) is 0. The van der Waals surface area contributed by atoms with Gasteiger partial charge in [0, 0.05) is 12.1 Å². The van der Waals surface area contributed by atoms with E-state index in [1.54, 1.807) is 18.2 Å². The average Bonchev–Trinajstić information content (AvgIpc) is 2.80. The van der Waals surface area contributed by atoms with Crippen LogP contribution in [0.3, 0.4) is 0 Å². The van der Waals surface area contributed by atoms with E-state index < -0.39 is 27.4 Å². The zero-order valence-electron chi connectivity index (χ0n) is 18.8. The first-order valence-electron chi connectivity index (χ1n) is 10.5. The first-order chi connectivity index (χ1) is 16.2. The Kier molecular flexibility index (Phi) is 7.85. The van der Waals surface area contributed by atoms with Gasteiger partial charge in [0.05, 0.1) is 22.1 Å². The number of nitrogens with one attached hydrogen (secondary N) is 1. The molecule has 34 heavy (non-hydrogen) atoms. The van der Waals surface area contributed by atoms with Gasteiger partial charge in [-0.3, -0.25) is 19.2 Å². The van der Waals surface area contributed by atoms with Crippen LogP contribution in [0.25, 0.3) is 0 Å². The first-order valence-corrected chi connectivity index (χ1v) is 11.9. The highest BCUT2D eigenvalue weighted by Gasteiger charge is 2.27. The maximum absolute atomic E-state index is 13.3. The Balaban J connectivity index is 1.71. The molecule has 0 aromatic heterocycles. The van der Waals surface area contributed by atoms with E-state index in [1.807, 2.05) is 32.0 Å². The van der Waals surface area contributed by atoms with E-state index in [0.29, 0.717) is 5.75 Å². The molecule has 1 N–H and O–H groups in total. The number of anilines is 1. The number of nitro benzene ring substituents is 1. The van der Waals surface area contributed by atoms with Crippen molar-refractivity contribution in [1.29, 1.82) is 0 Å². The number of carbonyl (C=O) groups excluding carboxylic acids is 1. The number of hydrogen-bond donors (Lipinski definition) is 1. The predicted molar refractivity (Wildman–Crippen MR) is 128 cm³/mol. The summed E-state index contributed by atoms with van der Waals surface area (Å²) in [5, 5.41) is 13.6. The minimum Gasteiger partial charge on any atom is -0.492 e. The highest BCUT2D eigenvalue weighted by molar-refractivity contribution is 7.92. The number of amides is 1. The van der Waals surface area contributed by atoms with Gasteiger partial charge in [-0.15, -0.1) is 0 Å². The molecule has 10 heteroatoms. The van der Waals surface area contributed by atoms with Gasteiger partial charge in [0.25, 0.3) is 15.7 Å². The molecular formula is C24H25N3O6S. The molecule has 0 aliphatic heterocycles. The van der Waals surface area contributed by atoms with E-state index in [9.17, 15) is 23.3 Å². The van der Waals surface area contributed by atoms with Crippen LogP contribution in [0.1, 0.15) is 11.1 Å². The summed E-state index contributed by atoms with van der Waals surface area (Å²) >= 11 is 0. The van der Waals surface area contributed by atoms with Gasteiger partial charge in [-0.25, -0.2) is 8.42 Å². The molecule has 0 saturated carbocycles. The maximum atomic E-state index is 13.3. The van der Waals surface area contributed by atoms with E-state index in [1.165, 1.54) is 36.4 Å². The summed E-state index contributed by atoms with van der Waals surface area (Å²) in [7, 11) is -4.09. The SMILES string of the molecule is Cc1cc(C)cc(OCCNC(=O)CN(c2ccc([N+](=O)[O-])cc2)S(=O)(=O)c2ccccc2)c1. The fourth-order valence-electron chi connectivity index (χ4n) is 3.34. The monoisotopic (exact) mass is 483 g/mol. The molecule has 3 aromatic carbocycles. The smallest absolute Gasteiger partial charge is 0.269 e. The molecule has 0 atom stereocenters. The highest BCUT2D eigenvalue weighted by atomic mass is 32.2. The zero-order chi connectivity index (χ0) is 24.7. The molecule has 1 amide bonds. The van der Waals surface area contributed by atoms with E-state index in [-0.39, 0.29) is 29.4 Å². The summed E-state index contributed by atoms with van der Waals surface area (Å²) in [5.41, 5.74) is 2.07. The molecule has 3 rings (SSSR count). The van der Waals surface area contributed by atoms with Crippen molar-refractivity contribution in [2.45, 2.75) is 18.7 Å². The topological polar surface area (TPSA) is 119 Å². The molecule has 0 radical (unpaired) electrons. The van der Waals surface area contributed by atoms with Crippen LogP contribution in [0.15, 0.2) is 77.7 Å². The summed E-state index contributed by atoms with van der Waals surface area (Å²) < 4.78 is 33.1. The number of hydrogen-bond acceptors (Lipinski definition) is 6. The van der Waals surface area contributed by atoms with Gasteiger partial charge >= 0.3 is 0 Å². The fraction of sp³-hybridized carbons (Fsp3) is 0.208. The lowest BCUT2D eigenvalue weighted by Gasteiger charge is -2.24. The molecular weight excluding hydrogens is 458 g/mol. The van der Waals surface area contributed by atoms with E-state index in [0.717, 1.165) is 15.4 Å². The van der Waals surface area contributed by atoms with Gasteiger partial charge in [-0.05, 0) is 61.4 Å². The number of ether oxygens (including phenoxy) is 1. The second kappa shape index (κ2) is 10.8.